The first-order valence-electron chi connectivity index (χ1n) is 12.1. The third-order valence-electron chi connectivity index (χ3n) is 6.48. The predicted octanol–water partition coefficient (Wildman–Crippen LogP) is 4.70. The average molecular weight is 491 g/mol. The molecule has 0 spiro atoms. The topological polar surface area (TPSA) is 86.5 Å². The third kappa shape index (κ3) is 5.04. The van der Waals surface area contributed by atoms with E-state index in [1.807, 2.05) is 6.92 Å². The Morgan fingerprint density at radius 1 is 1.14 bits per heavy atom. The number of likely N-dealkylation sites (N-methyl/N-ethyl adjacent to an activating group) is 1. The number of carbonyl (C=O) groups is 2. The summed E-state index contributed by atoms with van der Waals surface area (Å²) in [7, 11) is 1.57. The van der Waals surface area contributed by atoms with E-state index >= 15 is 0 Å². The standard InChI is InChI=1S/C28H31FN4O3/c1-5-33(6-2)14-13-30-28(35)25-17(3)31-24(26(25)18-7-9-19(29)10-8-18)16-22-21-15-20(36-4)11-12-23(21)32-27(22)34/h7-12,15-16,31H,5-6,13-14H2,1-4H3,(H,30,35)(H,32,34)/b22-16-. The Balaban J connectivity index is 1.77. The Morgan fingerprint density at radius 3 is 2.53 bits per heavy atom. The molecule has 188 valence electrons. The first kappa shape index (κ1) is 25.2. The second-order valence-corrected chi connectivity index (χ2v) is 8.63. The lowest BCUT2D eigenvalue weighted by Gasteiger charge is -2.18. The number of aromatic nitrogens is 1. The molecule has 1 aromatic heterocycles. The fraction of sp³-hybridized carbons (Fsp3) is 0.286. The minimum absolute atomic E-state index is 0.224. The zero-order valence-corrected chi connectivity index (χ0v) is 21.0. The van der Waals surface area contributed by atoms with E-state index in [1.54, 1.807) is 43.5 Å². The maximum absolute atomic E-state index is 13.7. The van der Waals surface area contributed by atoms with Crippen LogP contribution in [0.4, 0.5) is 10.1 Å². The number of nitrogens with zero attached hydrogens (tertiary/aromatic N) is 1. The number of anilines is 1. The molecule has 2 aromatic carbocycles. The van der Waals surface area contributed by atoms with Crippen molar-refractivity contribution in [1.82, 2.24) is 15.2 Å². The second kappa shape index (κ2) is 10.8. The molecule has 0 radical (unpaired) electrons. The Bertz CT molecular complexity index is 1310. The van der Waals surface area contributed by atoms with Crippen LogP contribution in [0.2, 0.25) is 0 Å². The number of hydrogen-bond donors (Lipinski definition) is 3. The highest BCUT2D eigenvalue weighted by atomic mass is 19.1. The lowest BCUT2D eigenvalue weighted by Crippen LogP contribution is -2.35. The van der Waals surface area contributed by atoms with Crippen LogP contribution in [0.1, 0.15) is 41.2 Å². The van der Waals surface area contributed by atoms with Crippen LogP contribution in [0.3, 0.4) is 0 Å². The van der Waals surface area contributed by atoms with Gasteiger partial charge in [0.2, 0.25) is 0 Å². The minimum Gasteiger partial charge on any atom is -0.497 e. The largest absolute Gasteiger partial charge is 0.497 e. The number of aromatic amines is 1. The number of nitrogens with one attached hydrogen (secondary N) is 3. The molecule has 2 amide bonds. The molecule has 0 atom stereocenters. The number of benzene rings is 2. The monoisotopic (exact) mass is 490 g/mol. The molecule has 7 nitrogen and oxygen atoms in total. The van der Waals surface area contributed by atoms with Gasteiger partial charge >= 0.3 is 0 Å². The minimum atomic E-state index is -0.368. The maximum atomic E-state index is 13.7. The van der Waals surface area contributed by atoms with Gasteiger partial charge in [-0.05, 0) is 62.0 Å². The lowest BCUT2D eigenvalue weighted by atomic mass is 9.97. The van der Waals surface area contributed by atoms with Crippen LogP contribution in [-0.4, -0.2) is 55.0 Å². The molecule has 0 saturated carbocycles. The molecular weight excluding hydrogens is 459 g/mol. The Labute approximate surface area is 210 Å². The van der Waals surface area contributed by atoms with Gasteiger partial charge in [0.05, 0.1) is 18.2 Å². The van der Waals surface area contributed by atoms with Crippen molar-refractivity contribution in [3.05, 3.63) is 70.8 Å². The molecule has 0 bridgehead atoms. The zero-order chi connectivity index (χ0) is 25.8. The SMILES string of the molecule is CCN(CC)CCNC(=O)c1c(C)[nH]c(/C=C2\C(=O)Nc3ccc(OC)cc32)c1-c1ccc(F)cc1. The van der Waals surface area contributed by atoms with Gasteiger partial charge in [-0.2, -0.15) is 0 Å². The van der Waals surface area contributed by atoms with Crippen molar-refractivity contribution >= 4 is 29.2 Å². The predicted molar refractivity (Wildman–Crippen MR) is 141 cm³/mol. The summed E-state index contributed by atoms with van der Waals surface area (Å²) in [4.78, 5) is 31.7. The number of carbonyl (C=O) groups excluding carboxylic acids is 2. The summed E-state index contributed by atoms with van der Waals surface area (Å²) in [6.07, 6.45) is 1.74. The smallest absolute Gasteiger partial charge is 0.256 e. The highest BCUT2D eigenvalue weighted by Gasteiger charge is 2.27. The van der Waals surface area contributed by atoms with Crippen LogP contribution in [0.5, 0.6) is 5.75 Å². The van der Waals surface area contributed by atoms with Crippen molar-refractivity contribution in [2.75, 3.05) is 38.6 Å². The number of halogens is 1. The summed E-state index contributed by atoms with van der Waals surface area (Å²) in [5.74, 6) is -0.211. The van der Waals surface area contributed by atoms with Gasteiger partial charge in [-0.3, -0.25) is 9.59 Å². The van der Waals surface area contributed by atoms with Gasteiger partial charge in [-0.1, -0.05) is 26.0 Å². The quantitative estimate of drug-likeness (QED) is 0.380. The number of rotatable bonds is 9. The van der Waals surface area contributed by atoms with E-state index in [1.165, 1.54) is 12.1 Å². The summed E-state index contributed by atoms with van der Waals surface area (Å²) in [5.41, 5.74) is 4.85. The van der Waals surface area contributed by atoms with Gasteiger partial charge in [-0.15, -0.1) is 0 Å². The Hall–Kier alpha value is -3.91. The fourth-order valence-corrected chi connectivity index (χ4v) is 4.50. The fourth-order valence-electron chi connectivity index (χ4n) is 4.50. The van der Waals surface area contributed by atoms with E-state index in [4.69, 9.17) is 4.74 Å². The van der Waals surface area contributed by atoms with Crippen molar-refractivity contribution in [3.63, 3.8) is 0 Å². The van der Waals surface area contributed by atoms with E-state index in [0.717, 1.165) is 19.6 Å². The van der Waals surface area contributed by atoms with Crippen molar-refractivity contribution in [2.24, 2.45) is 0 Å². The van der Waals surface area contributed by atoms with E-state index in [9.17, 15) is 14.0 Å². The maximum Gasteiger partial charge on any atom is 0.256 e. The van der Waals surface area contributed by atoms with Crippen molar-refractivity contribution in [3.8, 4) is 16.9 Å². The van der Waals surface area contributed by atoms with Crippen LogP contribution in [-0.2, 0) is 4.79 Å². The number of fused-ring (bicyclic) bond motifs is 1. The molecule has 1 aliphatic rings. The first-order valence-corrected chi connectivity index (χ1v) is 12.1. The molecule has 8 heteroatoms. The second-order valence-electron chi connectivity index (χ2n) is 8.63. The zero-order valence-electron chi connectivity index (χ0n) is 21.0. The van der Waals surface area contributed by atoms with E-state index in [2.05, 4.69) is 34.4 Å². The Kier molecular flexibility index (Phi) is 7.55. The van der Waals surface area contributed by atoms with Crippen LogP contribution in [0.15, 0.2) is 42.5 Å². The number of ether oxygens (including phenoxy) is 1. The van der Waals surface area contributed by atoms with Gasteiger partial charge in [0, 0.05) is 41.3 Å². The summed E-state index contributed by atoms with van der Waals surface area (Å²) in [5, 5.41) is 5.88. The van der Waals surface area contributed by atoms with Crippen LogP contribution in [0.25, 0.3) is 22.8 Å². The molecule has 4 rings (SSSR count). The van der Waals surface area contributed by atoms with Crippen LogP contribution in [0, 0.1) is 12.7 Å². The number of methoxy groups -OCH3 is 1. The van der Waals surface area contributed by atoms with E-state index in [0.29, 0.717) is 57.2 Å². The first-order chi connectivity index (χ1) is 17.4. The van der Waals surface area contributed by atoms with Gasteiger partial charge in [-0.25, -0.2) is 4.39 Å². The van der Waals surface area contributed by atoms with Crippen molar-refractivity contribution < 1.29 is 18.7 Å². The number of amides is 2. The highest BCUT2D eigenvalue weighted by molar-refractivity contribution is 6.35. The molecule has 0 fully saturated rings. The van der Waals surface area contributed by atoms with Gasteiger partial charge in [0.1, 0.15) is 11.6 Å². The lowest BCUT2D eigenvalue weighted by molar-refractivity contribution is -0.110. The molecule has 0 unspecified atom stereocenters. The number of aryl methyl sites for hydroxylation is 1. The van der Waals surface area contributed by atoms with E-state index in [-0.39, 0.29) is 17.6 Å². The molecule has 1 aliphatic heterocycles. The number of H-pyrrole nitrogens is 1. The van der Waals surface area contributed by atoms with Crippen molar-refractivity contribution in [1.29, 1.82) is 0 Å². The van der Waals surface area contributed by atoms with Crippen LogP contribution >= 0.6 is 0 Å². The van der Waals surface area contributed by atoms with Gasteiger partial charge in [0.15, 0.2) is 0 Å². The van der Waals surface area contributed by atoms with Crippen molar-refractivity contribution in [2.45, 2.75) is 20.8 Å². The van der Waals surface area contributed by atoms with E-state index < -0.39 is 0 Å². The molecule has 0 saturated heterocycles. The van der Waals surface area contributed by atoms with Gasteiger partial charge in [0.25, 0.3) is 11.8 Å². The molecular formula is C28H31FN4O3. The third-order valence-corrected chi connectivity index (χ3v) is 6.48. The summed E-state index contributed by atoms with van der Waals surface area (Å²) >= 11 is 0. The summed E-state index contributed by atoms with van der Waals surface area (Å²) < 4.78 is 19.1. The summed E-state index contributed by atoms with van der Waals surface area (Å²) in [6.45, 7) is 9.04. The normalized spacial score (nSPS) is 13.7. The van der Waals surface area contributed by atoms with Gasteiger partial charge < -0.3 is 25.3 Å². The van der Waals surface area contributed by atoms with Crippen LogP contribution < -0.4 is 15.4 Å². The molecule has 36 heavy (non-hydrogen) atoms. The summed E-state index contributed by atoms with van der Waals surface area (Å²) in [6, 6.07) is 11.4. The number of hydrogen-bond acceptors (Lipinski definition) is 4. The molecule has 3 aromatic rings. The Morgan fingerprint density at radius 2 is 1.86 bits per heavy atom. The molecule has 3 N–H and O–H groups in total. The molecule has 2 heterocycles. The molecule has 0 aliphatic carbocycles. The highest BCUT2D eigenvalue weighted by Crippen LogP contribution is 2.38. The average Bonchev–Trinajstić information content (AvgIpc) is 3.37.